The first-order valence-corrected chi connectivity index (χ1v) is 32.5. The van der Waals surface area contributed by atoms with Crippen LogP contribution in [-0.4, -0.2) is 99.6 Å². The molecule has 6 N–H and O–H groups in total. The Hall–Kier alpha value is -3.42. The maximum atomic E-state index is 13.4. The number of carbonyl (C=O) groups excluding carboxylic acids is 2. The number of ether oxygens (including phenoxy) is 3. The Kier molecular flexibility index (Phi) is 52.3. The van der Waals surface area contributed by atoms with Crippen molar-refractivity contribution in [2.45, 2.75) is 314 Å². The molecular formula is C69H119NO10. The summed E-state index contributed by atoms with van der Waals surface area (Å²) >= 11 is 0. The number of unbranched alkanes of at least 4 members (excludes halogenated alkanes) is 27. The Bertz CT molecular complexity index is 1670. The minimum Gasteiger partial charge on any atom is -0.454 e. The van der Waals surface area contributed by atoms with Gasteiger partial charge in [0.1, 0.15) is 24.4 Å². The predicted molar refractivity (Wildman–Crippen MR) is 333 cm³/mol. The van der Waals surface area contributed by atoms with E-state index >= 15 is 0 Å². The van der Waals surface area contributed by atoms with Crippen molar-refractivity contribution >= 4 is 11.9 Å². The van der Waals surface area contributed by atoms with E-state index in [0.29, 0.717) is 12.8 Å². The monoisotopic (exact) mass is 1120 g/mol. The lowest BCUT2D eigenvalue weighted by atomic mass is 9.99. The molecule has 1 saturated heterocycles. The average molecular weight is 1120 g/mol. The third kappa shape index (κ3) is 43.3. The molecule has 11 heteroatoms. The lowest BCUT2D eigenvalue weighted by Gasteiger charge is -2.41. The molecule has 1 aliphatic heterocycles. The van der Waals surface area contributed by atoms with Gasteiger partial charge in [0.25, 0.3) is 0 Å². The molecule has 1 heterocycles. The maximum Gasteiger partial charge on any atom is 0.306 e. The zero-order chi connectivity index (χ0) is 58.2. The summed E-state index contributed by atoms with van der Waals surface area (Å²) in [5.74, 6) is -1.29. The van der Waals surface area contributed by atoms with Gasteiger partial charge >= 0.3 is 5.97 Å². The highest BCUT2D eigenvalue weighted by atomic mass is 16.7. The molecular weight excluding hydrogens is 1000 g/mol. The highest BCUT2D eigenvalue weighted by Gasteiger charge is 2.47. The summed E-state index contributed by atoms with van der Waals surface area (Å²) in [6.45, 7) is 5.63. The molecule has 0 spiro atoms. The van der Waals surface area contributed by atoms with Crippen LogP contribution < -0.4 is 5.32 Å². The van der Waals surface area contributed by atoms with Gasteiger partial charge in [0.05, 0.1) is 25.4 Å². The van der Waals surface area contributed by atoms with Crippen LogP contribution in [0.4, 0.5) is 0 Å². The number of aliphatic hydroxyl groups is 5. The molecule has 11 nitrogen and oxygen atoms in total. The number of aliphatic hydroxyl groups excluding tert-OH is 5. The number of allylic oxidation sites excluding steroid dienone is 14. The second kappa shape index (κ2) is 56.1. The first-order valence-electron chi connectivity index (χ1n) is 32.5. The van der Waals surface area contributed by atoms with Gasteiger partial charge in [-0.1, -0.05) is 266 Å². The molecule has 0 saturated carbocycles. The molecule has 460 valence electrons. The van der Waals surface area contributed by atoms with Crippen LogP contribution in [0.2, 0.25) is 0 Å². The third-order valence-corrected chi connectivity index (χ3v) is 14.7. The number of esters is 1. The summed E-state index contributed by atoms with van der Waals surface area (Å²) in [6, 6.07) is -1.07. The predicted octanol–water partition coefficient (Wildman–Crippen LogP) is 15.9. The molecule has 1 amide bonds. The van der Waals surface area contributed by atoms with Crippen molar-refractivity contribution < 1.29 is 49.3 Å². The molecule has 8 unspecified atom stereocenters. The van der Waals surface area contributed by atoms with Crippen LogP contribution in [0, 0.1) is 0 Å². The molecule has 8 atom stereocenters. The summed E-state index contributed by atoms with van der Waals surface area (Å²) in [5, 5.41) is 56.9. The summed E-state index contributed by atoms with van der Waals surface area (Å²) in [4.78, 5) is 26.6. The minimum absolute atomic E-state index is 0.0544. The fourth-order valence-electron chi connectivity index (χ4n) is 9.60. The summed E-state index contributed by atoms with van der Waals surface area (Å²) < 4.78 is 17.6. The summed E-state index contributed by atoms with van der Waals surface area (Å²) in [7, 11) is 0. The van der Waals surface area contributed by atoms with Gasteiger partial charge in [-0.3, -0.25) is 9.59 Å². The highest BCUT2D eigenvalue weighted by molar-refractivity contribution is 5.81. The molecule has 0 aromatic rings. The van der Waals surface area contributed by atoms with E-state index in [2.05, 4.69) is 92.9 Å². The van der Waals surface area contributed by atoms with Crippen LogP contribution >= 0.6 is 0 Å². The molecule has 0 aliphatic carbocycles. The van der Waals surface area contributed by atoms with Crippen molar-refractivity contribution in [1.82, 2.24) is 5.32 Å². The van der Waals surface area contributed by atoms with E-state index in [1.165, 1.54) is 141 Å². The van der Waals surface area contributed by atoms with E-state index < -0.39 is 67.4 Å². The standard InChI is InChI=1S/C69H119NO10/c1-4-7-10-13-16-19-22-25-27-29-31-32-33-35-37-39-42-45-48-51-54-57-64(74)80-67-66(76)65(75)63(58-71)79-69(67)78-59-60(61(72)55-52-49-46-43-40-24-21-18-15-12-9-6-3)70-68(77)62(73)56-53-50-47-44-41-38-36-34-30-28-26-23-20-17-14-11-8-5-2/h8,11,17,20,25-28,34,36,41,44,50,52-53,55,60-63,65-67,69,71-73,75-76H,4-7,9-10,12-16,18-19,21-24,29-33,35,37-40,42-43,45-49,51,54,56-59H2,1-3H3,(H,70,77)/b11-8-,20-17-,27-25+,28-26-,36-34-,44-41-,53-50-,55-52+. The Balaban J connectivity index is 2.69. The van der Waals surface area contributed by atoms with Gasteiger partial charge in [-0.2, -0.15) is 0 Å². The van der Waals surface area contributed by atoms with Crippen LogP contribution in [0.15, 0.2) is 97.2 Å². The van der Waals surface area contributed by atoms with Gasteiger partial charge in [0.15, 0.2) is 12.4 Å². The quantitative estimate of drug-likeness (QED) is 0.0195. The fraction of sp³-hybridized carbons (Fsp3) is 0.739. The number of amides is 1. The van der Waals surface area contributed by atoms with E-state index in [1.807, 2.05) is 18.2 Å². The zero-order valence-corrected chi connectivity index (χ0v) is 50.9. The SMILES string of the molecule is CC/C=C\C/C=C\C/C=C\C/C=C\C/C=C\C/C=C\CC(O)C(=O)NC(COC1OC(CO)C(O)C(O)C1OC(=O)CCCCCCCCCCCCC/C=C/CCCCCCCC)C(O)/C=C/CCCCCCCCCCCC. The minimum atomic E-state index is -1.63. The molecule has 1 fully saturated rings. The topological polar surface area (TPSA) is 175 Å². The van der Waals surface area contributed by atoms with E-state index in [4.69, 9.17) is 14.2 Å². The number of nitrogens with one attached hydrogen (secondary N) is 1. The van der Waals surface area contributed by atoms with Crippen molar-refractivity contribution in [2.24, 2.45) is 0 Å². The smallest absolute Gasteiger partial charge is 0.306 e. The fourth-order valence-corrected chi connectivity index (χ4v) is 9.60. The lowest BCUT2D eigenvalue weighted by Crippen LogP contribution is -2.61. The Morgan fingerprint density at radius 3 is 1.34 bits per heavy atom. The molecule has 0 radical (unpaired) electrons. The molecule has 0 aromatic carbocycles. The van der Waals surface area contributed by atoms with Crippen LogP contribution in [0.3, 0.4) is 0 Å². The van der Waals surface area contributed by atoms with Gasteiger partial charge in [0, 0.05) is 12.8 Å². The van der Waals surface area contributed by atoms with Crippen molar-refractivity contribution in [1.29, 1.82) is 0 Å². The van der Waals surface area contributed by atoms with E-state index in [9.17, 15) is 35.1 Å². The van der Waals surface area contributed by atoms with E-state index in [1.54, 1.807) is 12.2 Å². The Labute approximate surface area is 488 Å². The Morgan fingerprint density at radius 2 is 0.900 bits per heavy atom. The van der Waals surface area contributed by atoms with Crippen LogP contribution in [0.5, 0.6) is 0 Å². The van der Waals surface area contributed by atoms with Crippen molar-refractivity contribution in [3.8, 4) is 0 Å². The van der Waals surface area contributed by atoms with E-state index in [-0.39, 0.29) is 19.4 Å². The first kappa shape index (κ1) is 74.6. The molecule has 1 rings (SSSR count). The second-order valence-corrected chi connectivity index (χ2v) is 22.1. The Morgan fingerprint density at radius 1 is 0.500 bits per heavy atom. The summed E-state index contributed by atoms with van der Waals surface area (Å²) in [5.41, 5.74) is 0. The number of rotatable bonds is 54. The largest absolute Gasteiger partial charge is 0.454 e. The normalized spacial score (nSPS) is 19.4. The van der Waals surface area contributed by atoms with Crippen molar-refractivity contribution in [3.05, 3.63) is 97.2 Å². The lowest BCUT2D eigenvalue weighted by molar-refractivity contribution is -0.305. The first-order chi connectivity index (χ1) is 39.2. The van der Waals surface area contributed by atoms with Crippen molar-refractivity contribution in [3.63, 3.8) is 0 Å². The van der Waals surface area contributed by atoms with Gasteiger partial charge in [-0.15, -0.1) is 0 Å². The van der Waals surface area contributed by atoms with E-state index in [0.717, 1.165) is 77.0 Å². The highest BCUT2D eigenvalue weighted by Crippen LogP contribution is 2.26. The molecule has 1 aliphatic rings. The van der Waals surface area contributed by atoms with Gasteiger partial charge in [-0.25, -0.2) is 0 Å². The average Bonchev–Trinajstić information content (AvgIpc) is 3.45. The number of carbonyl (C=O) groups is 2. The van der Waals surface area contributed by atoms with Gasteiger partial charge in [0.2, 0.25) is 5.91 Å². The second-order valence-electron chi connectivity index (χ2n) is 22.1. The third-order valence-electron chi connectivity index (χ3n) is 14.7. The van der Waals surface area contributed by atoms with Crippen molar-refractivity contribution in [2.75, 3.05) is 13.2 Å². The molecule has 0 bridgehead atoms. The molecule has 80 heavy (non-hydrogen) atoms. The maximum absolute atomic E-state index is 13.4. The number of hydrogen-bond donors (Lipinski definition) is 6. The molecule has 0 aromatic heterocycles. The summed E-state index contributed by atoms with van der Waals surface area (Å²) in [6.07, 6.45) is 64.6. The van der Waals surface area contributed by atoms with Gasteiger partial charge < -0.3 is 45.1 Å². The number of hydrogen-bond acceptors (Lipinski definition) is 10. The van der Waals surface area contributed by atoms with Crippen LogP contribution in [0.1, 0.15) is 265 Å². The van der Waals surface area contributed by atoms with Crippen LogP contribution in [0.25, 0.3) is 0 Å². The zero-order valence-electron chi connectivity index (χ0n) is 50.9. The van der Waals surface area contributed by atoms with Gasteiger partial charge in [-0.05, 0) is 83.5 Å². The van der Waals surface area contributed by atoms with Crippen LogP contribution in [-0.2, 0) is 23.8 Å².